The topological polar surface area (TPSA) is 57.7 Å². The van der Waals surface area contributed by atoms with E-state index in [0.717, 1.165) is 5.56 Å². The van der Waals surface area contributed by atoms with Gasteiger partial charge in [-0.05, 0) is 43.3 Å². The summed E-state index contributed by atoms with van der Waals surface area (Å²) in [6, 6.07) is 14.2. The second-order valence-electron chi connectivity index (χ2n) is 6.97. The third-order valence-corrected chi connectivity index (χ3v) is 5.20. The summed E-state index contributed by atoms with van der Waals surface area (Å²) in [6.07, 6.45) is 0.344. The highest BCUT2D eigenvalue weighted by Gasteiger charge is 2.25. The number of Topliss-reactive ketones (excluding diaryl/α,β-unsaturated/α-hetero) is 1. The van der Waals surface area contributed by atoms with E-state index >= 15 is 0 Å². The average Bonchev–Trinajstić information content (AvgIpc) is 2.72. The van der Waals surface area contributed by atoms with E-state index in [2.05, 4.69) is 0 Å². The Morgan fingerprint density at radius 3 is 1.93 bits per heavy atom. The fourth-order valence-corrected chi connectivity index (χ4v) is 3.32. The Morgan fingerprint density at radius 1 is 0.786 bits per heavy atom. The van der Waals surface area contributed by atoms with Gasteiger partial charge in [0.15, 0.2) is 5.78 Å². The summed E-state index contributed by atoms with van der Waals surface area (Å²) in [6.45, 7) is 3.97. The highest BCUT2D eigenvalue weighted by molar-refractivity contribution is 6.30. The zero-order valence-corrected chi connectivity index (χ0v) is 16.6. The molecule has 1 aliphatic rings. The summed E-state index contributed by atoms with van der Waals surface area (Å²) < 4.78 is 0. The summed E-state index contributed by atoms with van der Waals surface area (Å²) in [5.74, 6) is -0.132. The predicted octanol–water partition coefficient (Wildman–Crippen LogP) is 3.60. The van der Waals surface area contributed by atoms with Crippen LogP contribution in [0.5, 0.6) is 0 Å². The Bertz CT molecular complexity index is 854. The second-order valence-corrected chi connectivity index (χ2v) is 7.41. The molecule has 28 heavy (non-hydrogen) atoms. The smallest absolute Gasteiger partial charge is 0.253 e. The van der Waals surface area contributed by atoms with E-state index in [0.29, 0.717) is 42.3 Å². The molecule has 0 aliphatic carbocycles. The number of nitrogens with zero attached hydrogens (tertiary/aromatic N) is 2. The van der Waals surface area contributed by atoms with Gasteiger partial charge >= 0.3 is 0 Å². The summed E-state index contributed by atoms with van der Waals surface area (Å²) in [5, 5.41) is 0.575. The Kier molecular flexibility index (Phi) is 6.47. The first-order valence-corrected chi connectivity index (χ1v) is 9.74. The van der Waals surface area contributed by atoms with Gasteiger partial charge in [0.25, 0.3) is 5.91 Å². The number of ketones is 1. The van der Waals surface area contributed by atoms with Gasteiger partial charge < -0.3 is 9.80 Å². The molecule has 5 nitrogen and oxygen atoms in total. The molecule has 1 aliphatic heterocycles. The molecule has 1 fully saturated rings. The minimum Gasteiger partial charge on any atom is -0.339 e. The quantitative estimate of drug-likeness (QED) is 0.723. The number of hydrogen-bond acceptors (Lipinski definition) is 3. The van der Waals surface area contributed by atoms with E-state index in [1.54, 1.807) is 34.1 Å². The molecule has 2 aromatic carbocycles. The van der Waals surface area contributed by atoms with Gasteiger partial charge in [0.05, 0.1) is 0 Å². The number of aryl methyl sites for hydroxylation is 1. The summed E-state index contributed by atoms with van der Waals surface area (Å²) in [7, 11) is 0. The molecule has 0 saturated carbocycles. The zero-order chi connectivity index (χ0) is 20.1. The molecule has 3 rings (SSSR count). The van der Waals surface area contributed by atoms with Crippen LogP contribution in [-0.4, -0.2) is 53.6 Å². The van der Waals surface area contributed by atoms with Crippen LogP contribution in [0, 0.1) is 6.92 Å². The van der Waals surface area contributed by atoms with Crippen LogP contribution in [-0.2, 0) is 4.79 Å². The number of benzene rings is 2. The Labute approximate surface area is 169 Å². The average molecular weight is 399 g/mol. The minimum absolute atomic E-state index is 0.00925. The van der Waals surface area contributed by atoms with Crippen LogP contribution in [0.15, 0.2) is 48.5 Å². The largest absolute Gasteiger partial charge is 0.339 e. The van der Waals surface area contributed by atoms with Gasteiger partial charge in [0, 0.05) is 55.2 Å². The van der Waals surface area contributed by atoms with Crippen LogP contribution in [0.2, 0.25) is 5.02 Å². The van der Waals surface area contributed by atoms with E-state index in [9.17, 15) is 14.4 Å². The highest BCUT2D eigenvalue weighted by Crippen LogP contribution is 2.14. The first kappa shape index (κ1) is 20.1. The fraction of sp³-hybridized carbons (Fsp3) is 0.318. The van der Waals surface area contributed by atoms with Gasteiger partial charge in [0.2, 0.25) is 5.91 Å². The van der Waals surface area contributed by atoms with Gasteiger partial charge in [-0.3, -0.25) is 14.4 Å². The second kappa shape index (κ2) is 9.02. The number of halogens is 1. The first-order chi connectivity index (χ1) is 13.4. The number of piperazine rings is 1. The van der Waals surface area contributed by atoms with Crippen LogP contribution in [0.25, 0.3) is 0 Å². The standard InChI is InChI=1S/C22H23ClN2O3/c1-16-2-4-18(5-3-16)22(28)25-14-12-24(13-15-25)21(27)11-10-20(26)17-6-8-19(23)9-7-17/h2-9H,10-15H2,1H3. The highest BCUT2D eigenvalue weighted by atomic mass is 35.5. The molecule has 0 aromatic heterocycles. The third kappa shape index (κ3) is 4.98. The van der Waals surface area contributed by atoms with Crippen molar-refractivity contribution in [3.63, 3.8) is 0 Å². The lowest BCUT2D eigenvalue weighted by Gasteiger charge is -2.35. The maximum atomic E-state index is 12.6. The molecular weight excluding hydrogens is 376 g/mol. The number of rotatable bonds is 5. The molecular formula is C22H23ClN2O3. The summed E-state index contributed by atoms with van der Waals surface area (Å²) >= 11 is 5.83. The lowest BCUT2D eigenvalue weighted by atomic mass is 10.1. The van der Waals surface area contributed by atoms with Gasteiger partial charge in [-0.2, -0.15) is 0 Å². The molecule has 146 valence electrons. The number of hydrogen-bond donors (Lipinski definition) is 0. The molecule has 0 radical (unpaired) electrons. The van der Waals surface area contributed by atoms with E-state index in [4.69, 9.17) is 11.6 Å². The molecule has 2 aromatic rings. The summed E-state index contributed by atoms with van der Waals surface area (Å²) in [5.41, 5.74) is 2.34. The maximum absolute atomic E-state index is 12.6. The first-order valence-electron chi connectivity index (χ1n) is 9.36. The predicted molar refractivity (Wildman–Crippen MR) is 109 cm³/mol. The third-order valence-electron chi connectivity index (χ3n) is 4.95. The Morgan fingerprint density at radius 2 is 1.32 bits per heavy atom. The molecule has 0 unspecified atom stereocenters. The van der Waals surface area contributed by atoms with Crippen molar-refractivity contribution in [2.45, 2.75) is 19.8 Å². The van der Waals surface area contributed by atoms with Crippen molar-refractivity contribution in [3.8, 4) is 0 Å². The SMILES string of the molecule is Cc1ccc(C(=O)N2CCN(C(=O)CCC(=O)c3ccc(Cl)cc3)CC2)cc1. The number of carbonyl (C=O) groups is 3. The van der Waals surface area contributed by atoms with Crippen molar-refractivity contribution >= 4 is 29.2 Å². The zero-order valence-electron chi connectivity index (χ0n) is 15.9. The molecule has 0 atom stereocenters. The van der Waals surface area contributed by atoms with E-state index in [1.807, 2.05) is 31.2 Å². The number of carbonyl (C=O) groups excluding carboxylic acids is 3. The van der Waals surface area contributed by atoms with Crippen LogP contribution in [0.4, 0.5) is 0 Å². The van der Waals surface area contributed by atoms with Crippen molar-refractivity contribution in [2.75, 3.05) is 26.2 Å². The molecule has 0 bridgehead atoms. The monoisotopic (exact) mass is 398 g/mol. The van der Waals surface area contributed by atoms with Crippen LogP contribution in [0.1, 0.15) is 39.1 Å². The van der Waals surface area contributed by atoms with Gasteiger partial charge in [-0.25, -0.2) is 0 Å². The maximum Gasteiger partial charge on any atom is 0.253 e. The van der Waals surface area contributed by atoms with Gasteiger partial charge in [-0.15, -0.1) is 0 Å². The molecule has 2 amide bonds. The van der Waals surface area contributed by atoms with Crippen LogP contribution >= 0.6 is 11.6 Å². The van der Waals surface area contributed by atoms with E-state index in [-0.39, 0.29) is 30.4 Å². The van der Waals surface area contributed by atoms with Crippen LogP contribution < -0.4 is 0 Å². The van der Waals surface area contributed by atoms with Crippen molar-refractivity contribution in [3.05, 3.63) is 70.2 Å². The Hall–Kier alpha value is -2.66. The molecule has 0 N–H and O–H groups in total. The van der Waals surface area contributed by atoms with Crippen molar-refractivity contribution in [2.24, 2.45) is 0 Å². The lowest BCUT2D eigenvalue weighted by molar-refractivity contribution is -0.132. The normalized spacial score (nSPS) is 14.1. The van der Waals surface area contributed by atoms with Crippen molar-refractivity contribution in [1.29, 1.82) is 0 Å². The minimum atomic E-state index is -0.0711. The summed E-state index contributed by atoms with van der Waals surface area (Å²) in [4.78, 5) is 40.7. The van der Waals surface area contributed by atoms with Crippen molar-refractivity contribution < 1.29 is 14.4 Å². The van der Waals surface area contributed by atoms with Crippen LogP contribution in [0.3, 0.4) is 0 Å². The molecule has 6 heteroatoms. The van der Waals surface area contributed by atoms with Gasteiger partial charge in [-0.1, -0.05) is 29.3 Å². The van der Waals surface area contributed by atoms with Gasteiger partial charge in [0.1, 0.15) is 0 Å². The van der Waals surface area contributed by atoms with E-state index < -0.39 is 0 Å². The van der Waals surface area contributed by atoms with E-state index in [1.165, 1.54) is 0 Å². The molecule has 1 saturated heterocycles. The molecule has 0 spiro atoms. The fourth-order valence-electron chi connectivity index (χ4n) is 3.20. The van der Waals surface area contributed by atoms with Crippen molar-refractivity contribution in [1.82, 2.24) is 9.80 Å². The molecule has 1 heterocycles. The Balaban J connectivity index is 1.47. The lowest BCUT2D eigenvalue weighted by Crippen LogP contribution is -2.50. The number of amides is 2.